The molecular formula is C36H57NO7. The van der Waals surface area contributed by atoms with Gasteiger partial charge in [0.1, 0.15) is 12.1 Å². The number of esters is 2. The molecule has 2 aliphatic heterocycles. The summed E-state index contributed by atoms with van der Waals surface area (Å²) in [5.41, 5.74) is -1.24. The minimum Gasteiger partial charge on any atom is -0.461 e. The molecule has 3 N–H and O–H groups in total. The molecule has 0 amide bonds. The van der Waals surface area contributed by atoms with Crippen molar-refractivity contribution in [2.75, 3.05) is 6.54 Å². The number of aliphatic hydroxyl groups is 2. The van der Waals surface area contributed by atoms with E-state index < -0.39 is 29.9 Å². The molecule has 0 bridgehead atoms. The summed E-state index contributed by atoms with van der Waals surface area (Å²) in [6, 6.07) is -0.134. The van der Waals surface area contributed by atoms with Crippen LogP contribution in [0.25, 0.3) is 0 Å². The van der Waals surface area contributed by atoms with Crippen LogP contribution in [0.5, 0.6) is 0 Å². The van der Waals surface area contributed by atoms with Gasteiger partial charge in [0, 0.05) is 17.8 Å². The average molecular weight is 616 g/mol. The van der Waals surface area contributed by atoms with Crippen molar-refractivity contribution in [2.24, 2.45) is 50.7 Å². The lowest BCUT2D eigenvalue weighted by Gasteiger charge is -2.63. The molecule has 7 rings (SSSR count). The van der Waals surface area contributed by atoms with Crippen molar-refractivity contribution in [3.05, 3.63) is 0 Å². The molecule has 5 aliphatic carbocycles. The van der Waals surface area contributed by atoms with Crippen molar-refractivity contribution in [1.82, 2.24) is 5.32 Å². The van der Waals surface area contributed by atoms with Gasteiger partial charge in [0.25, 0.3) is 0 Å². The van der Waals surface area contributed by atoms with Crippen molar-refractivity contribution < 1.29 is 34.0 Å². The van der Waals surface area contributed by atoms with Crippen LogP contribution in [-0.2, 0) is 23.8 Å². The van der Waals surface area contributed by atoms with Crippen LogP contribution in [0, 0.1) is 50.7 Å². The molecule has 7 fully saturated rings. The Morgan fingerprint density at radius 1 is 1.00 bits per heavy atom. The Balaban J connectivity index is 1.16. The van der Waals surface area contributed by atoms with Gasteiger partial charge in [0.15, 0.2) is 6.10 Å². The zero-order valence-electron chi connectivity index (χ0n) is 28.3. The van der Waals surface area contributed by atoms with Crippen LogP contribution >= 0.6 is 0 Å². The van der Waals surface area contributed by atoms with Gasteiger partial charge in [-0.3, -0.25) is 9.59 Å². The van der Waals surface area contributed by atoms with E-state index in [1.54, 1.807) is 13.8 Å². The smallest absolute Gasteiger partial charge is 0.323 e. The number of carbonyl (C=O) groups excluding carboxylic acids is 2. The molecule has 0 aromatic rings. The lowest BCUT2D eigenvalue weighted by Crippen LogP contribution is -2.60. The molecular weight excluding hydrogens is 558 g/mol. The second-order valence-corrected chi connectivity index (χ2v) is 18.0. The highest BCUT2D eigenvalue weighted by atomic mass is 16.6. The maximum absolute atomic E-state index is 12.9. The van der Waals surface area contributed by atoms with E-state index in [4.69, 9.17) is 14.2 Å². The Bertz CT molecular complexity index is 1210. The van der Waals surface area contributed by atoms with Crippen molar-refractivity contribution in [2.45, 2.75) is 155 Å². The zero-order chi connectivity index (χ0) is 31.8. The van der Waals surface area contributed by atoms with Crippen molar-refractivity contribution >= 4 is 11.9 Å². The summed E-state index contributed by atoms with van der Waals surface area (Å²) >= 11 is 0. The predicted octanol–water partition coefficient (Wildman–Crippen LogP) is 4.78. The Morgan fingerprint density at radius 2 is 1.66 bits per heavy atom. The molecule has 0 radical (unpaired) electrons. The van der Waals surface area contributed by atoms with Gasteiger partial charge in [-0.15, -0.1) is 0 Å². The number of nitrogens with one attached hydrogen (secondary N) is 1. The summed E-state index contributed by atoms with van der Waals surface area (Å²) in [6.07, 6.45) is 7.00. The maximum atomic E-state index is 12.9. The summed E-state index contributed by atoms with van der Waals surface area (Å²) in [5.74, 6) is 0.877. The Kier molecular flexibility index (Phi) is 6.89. The van der Waals surface area contributed by atoms with Crippen LogP contribution in [0.3, 0.4) is 0 Å². The molecule has 0 aromatic carbocycles. The van der Waals surface area contributed by atoms with E-state index >= 15 is 0 Å². The molecule has 7 aliphatic rings. The number of ether oxygens (including phenoxy) is 3. The van der Waals surface area contributed by atoms with Crippen molar-refractivity contribution in [1.29, 1.82) is 0 Å². The molecule has 5 saturated carbocycles. The lowest BCUT2D eigenvalue weighted by atomic mass is 9.41. The quantitative estimate of drug-likeness (QED) is 0.379. The fraction of sp³-hybridized carbons (Fsp3) is 0.944. The van der Waals surface area contributed by atoms with Gasteiger partial charge >= 0.3 is 11.9 Å². The number of aliphatic hydroxyl groups excluding tert-OH is 1. The van der Waals surface area contributed by atoms with Crippen molar-refractivity contribution in [3.8, 4) is 0 Å². The first-order valence-electron chi connectivity index (χ1n) is 17.6. The third-order valence-electron chi connectivity index (χ3n) is 15.5. The number of hydrogen-bond donors (Lipinski definition) is 3. The SMILES string of the molecule is CC(=O)O[C@@H]([C@@H]1C[C@@H](C)[C@H]2[C@H](O1)[C@H](O)[C@@]1(C)[C@@H]3CC[C@H]4C(C)(C)[C@@H](OC(=O)C5CCN5)CC[C@@]45C[C@@]35CC[C@]21C)C(C)(C)O. The Morgan fingerprint density at radius 3 is 2.27 bits per heavy atom. The van der Waals surface area contributed by atoms with E-state index in [2.05, 4.69) is 39.9 Å². The van der Waals surface area contributed by atoms with E-state index in [0.29, 0.717) is 18.3 Å². The van der Waals surface area contributed by atoms with Gasteiger partial charge in [0.05, 0.1) is 23.9 Å². The molecule has 248 valence electrons. The number of hydrogen-bond acceptors (Lipinski definition) is 8. The van der Waals surface area contributed by atoms with Crippen LogP contribution in [0.4, 0.5) is 0 Å². The lowest BCUT2D eigenvalue weighted by molar-refractivity contribution is -0.216. The number of rotatable bonds is 5. The first-order chi connectivity index (χ1) is 20.4. The summed E-state index contributed by atoms with van der Waals surface area (Å²) in [6.45, 7) is 17.4. The first-order valence-corrected chi connectivity index (χ1v) is 17.6. The van der Waals surface area contributed by atoms with Crippen LogP contribution in [0.1, 0.15) is 113 Å². The second-order valence-electron chi connectivity index (χ2n) is 18.0. The molecule has 2 saturated heterocycles. The summed E-state index contributed by atoms with van der Waals surface area (Å²) in [4.78, 5) is 24.9. The first kappa shape index (κ1) is 31.4. The second kappa shape index (κ2) is 9.67. The standard InChI is InChI=1S/C36H57NO7/c1-19-17-22(29(32(5,6)41)42-20(2)38)43-27-26(19)33(7)14-15-36-18-35(36)13-11-25(44-30(40)21-12-16-37-21)31(3,4)23(35)9-10-24(36)34(33,8)28(27)39/h19,21-29,37,39,41H,9-18H2,1-8H3/t19-,21?,22+,23+,24+,25+,26+,27+,28+,29+,33-,34-,35-,36+/m1/s1. The third-order valence-corrected chi connectivity index (χ3v) is 15.5. The molecule has 14 atom stereocenters. The van der Waals surface area contributed by atoms with E-state index in [9.17, 15) is 19.8 Å². The largest absolute Gasteiger partial charge is 0.461 e. The Labute approximate surface area is 263 Å². The van der Waals surface area contributed by atoms with Gasteiger partial charge in [-0.25, -0.2) is 0 Å². The highest BCUT2D eigenvalue weighted by Gasteiger charge is 2.84. The zero-order valence-corrected chi connectivity index (χ0v) is 28.3. The minimum atomic E-state index is -1.26. The molecule has 2 spiro atoms. The molecule has 1 unspecified atom stereocenters. The van der Waals surface area contributed by atoms with Gasteiger partial charge in [-0.1, -0.05) is 34.6 Å². The van der Waals surface area contributed by atoms with E-state index in [1.807, 2.05) is 0 Å². The predicted molar refractivity (Wildman–Crippen MR) is 164 cm³/mol. The molecule has 2 heterocycles. The van der Waals surface area contributed by atoms with Gasteiger partial charge in [-0.2, -0.15) is 0 Å². The summed E-state index contributed by atoms with van der Waals surface area (Å²) < 4.78 is 18.7. The summed E-state index contributed by atoms with van der Waals surface area (Å²) in [5, 5.41) is 26.7. The monoisotopic (exact) mass is 615 g/mol. The Hall–Kier alpha value is -1.22. The average Bonchev–Trinajstić information content (AvgIpc) is 3.52. The highest BCUT2D eigenvalue weighted by Crippen LogP contribution is 2.89. The van der Waals surface area contributed by atoms with Gasteiger partial charge < -0.3 is 29.7 Å². The fourth-order valence-corrected chi connectivity index (χ4v) is 13.3. The van der Waals surface area contributed by atoms with Crippen LogP contribution < -0.4 is 5.32 Å². The third kappa shape index (κ3) is 3.89. The number of carbonyl (C=O) groups is 2. The fourth-order valence-electron chi connectivity index (χ4n) is 13.3. The summed E-state index contributed by atoms with van der Waals surface area (Å²) in [7, 11) is 0. The number of fused-ring (bicyclic) bond motifs is 4. The molecule has 44 heavy (non-hydrogen) atoms. The van der Waals surface area contributed by atoms with Crippen LogP contribution in [0.15, 0.2) is 0 Å². The normalized spacial score (nSPS) is 52.5. The van der Waals surface area contributed by atoms with E-state index in [-0.39, 0.29) is 63.1 Å². The van der Waals surface area contributed by atoms with Gasteiger partial charge in [0.2, 0.25) is 0 Å². The van der Waals surface area contributed by atoms with E-state index in [0.717, 1.165) is 45.1 Å². The topological polar surface area (TPSA) is 114 Å². The van der Waals surface area contributed by atoms with Gasteiger partial charge in [-0.05, 0) is 118 Å². The van der Waals surface area contributed by atoms with E-state index in [1.165, 1.54) is 19.8 Å². The van der Waals surface area contributed by atoms with Crippen LogP contribution in [0.2, 0.25) is 0 Å². The molecule has 8 heteroatoms. The molecule has 0 aromatic heterocycles. The van der Waals surface area contributed by atoms with Crippen LogP contribution in [-0.4, -0.2) is 70.9 Å². The minimum absolute atomic E-state index is 0.0428. The van der Waals surface area contributed by atoms with Crippen molar-refractivity contribution in [3.63, 3.8) is 0 Å². The highest BCUT2D eigenvalue weighted by molar-refractivity contribution is 5.77. The molecule has 8 nitrogen and oxygen atoms in total. The maximum Gasteiger partial charge on any atom is 0.323 e.